The highest BCUT2D eigenvalue weighted by molar-refractivity contribution is 5.94. The van der Waals surface area contributed by atoms with Crippen molar-refractivity contribution in [2.45, 2.75) is 38.3 Å². The fourth-order valence-electron chi connectivity index (χ4n) is 3.30. The number of aryl methyl sites for hydroxylation is 1. The Kier molecular flexibility index (Phi) is 6.66. The summed E-state index contributed by atoms with van der Waals surface area (Å²) in [5.41, 5.74) is 2.19. The summed E-state index contributed by atoms with van der Waals surface area (Å²) in [6.45, 7) is 3.18. The number of nitrogens with one attached hydrogen (secondary N) is 1. The minimum absolute atomic E-state index is 0.133. The van der Waals surface area contributed by atoms with Crippen LogP contribution in [-0.2, 0) is 9.53 Å². The van der Waals surface area contributed by atoms with Crippen LogP contribution in [0.2, 0.25) is 0 Å². The normalized spacial score (nSPS) is 17.1. The van der Waals surface area contributed by atoms with Crippen molar-refractivity contribution < 1.29 is 24.2 Å². The van der Waals surface area contributed by atoms with Crippen molar-refractivity contribution in [2.24, 2.45) is 0 Å². The molecule has 1 amide bonds. The van der Waals surface area contributed by atoms with Gasteiger partial charge in [-0.1, -0.05) is 24.3 Å². The van der Waals surface area contributed by atoms with E-state index in [1.807, 2.05) is 31.2 Å². The molecule has 0 bridgehead atoms. The Bertz CT molecular complexity index is 812. The van der Waals surface area contributed by atoms with Crippen LogP contribution in [0.15, 0.2) is 48.5 Å². The minimum Gasteiger partial charge on any atom is -0.491 e. The molecule has 1 fully saturated rings. The fourth-order valence-corrected chi connectivity index (χ4v) is 3.30. The first kappa shape index (κ1) is 19.9. The van der Waals surface area contributed by atoms with Crippen LogP contribution >= 0.6 is 0 Å². The summed E-state index contributed by atoms with van der Waals surface area (Å²) in [7, 11) is 0. The van der Waals surface area contributed by atoms with Crippen molar-refractivity contribution in [3.05, 3.63) is 65.2 Å². The SMILES string of the molecule is Cc1ccccc1C(CC(=O)O)NC(=O)c1ccc(OCC2CCCO2)cc1. The zero-order valence-corrected chi connectivity index (χ0v) is 15.9. The Labute approximate surface area is 164 Å². The molecular weight excluding hydrogens is 358 g/mol. The van der Waals surface area contributed by atoms with E-state index in [1.165, 1.54) is 0 Å². The first-order valence-electron chi connectivity index (χ1n) is 9.45. The lowest BCUT2D eigenvalue weighted by atomic mass is 9.98. The van der Waals surface area contributed by atoms with Gasteiger partial charge >= 0.3 is 5.97 Å². The van der Waals surface area contributed by atoms with E-state index < -0.39 is 12.0 Å². The average molecular weight is 383 g/mol. The number of carbonyl (C=O) groups is 2. The maximum Gasteiger partial charge on any atom is 0.305 e. The Morgan fingerprint density at radius 1 is 1.21 bits per heavy atom. The minimum atomic E-state index is -0.966. The molecule has 2 aromatic carbocycles. The molecule has 0 aromatic heterocycles. The molecule has 2 N–H and O–H groups in total. The molecule has 6 nitrogen and oxygen atoms in total. The van der Waals surface area contributed by atoms with Gasteiger partial charge in [-0.25, -0.2) is 0 Å². The lowest BCUT2D eigenvalue weighted by Crippen LogP contribution is -2.30. The van der Waals surface area contributed by atoms with E-state index in [0.717, 1.165) is 30.6 Å². The number of aliphatic carboxylic acids is 1. The van der Waals surface area contributed by atoms with Gasteiger partial charge in [0.05, 0.1) is 18.6 Å². The highest BCUT2D eigenvalue weighted by Gasteiger charge is 2.20. The van der Waals surface area contributed by atoms with Gasteiger partial charge in [0.15, 0.2) is 0 Å². The highest BCUT2D eigenvalue weighted by atomic mass is 16.5. The highest BCUT2D eigenvalue weighted by Crippen LogP contribution is 2.22. The molecule has 1 aliphatic heterocycles. The number of hydrogen-bond acceptors (Lipinski definition) is 4. The number of carbonyl (C=O) groups excluding carboxylic acids is 1. The van der Waals surface area contributed by atoms with Gasteiger partial charge in [-0.3, -0.25) is 9.59 Å². The number of carboxylic acids is 1. The first-order valence-corrected chi connectivity index (χ1v) is 9.45. The van der Waals surface area contributed by atoms with Gasteiger partial charge in [0.2, 0.25) is 0 Å². The largest absolute Gasteiger partial charge is 0.491 e. The molecule has 6 heteroatoms. The smallest absolute Gasteiger partial charge is 0.305 e. The summed E-state index contributed by atoms with van der Waals surface area (Å²) in [5, 5.41) is 12.1. The van der Waals surface area contributed by atoms with E-state index in [2.05, 4.69) is 5.32 Å². The Hall–Kier alpha value is -2.86. The summed E-state index contributed by atoms with van der Waals surface area (Å²) in [6, 6.07) is 13.7. The molecule has 1 saturated heterocycles. The van der Waals surface area contributed by atoms with Crippen molar-refractivity contribution in [1.29, 1.82) is 0 Å². The van der Waals surface area contributed by atoms with Gasteiger partial charge < -0.3 is 19.9 Å². The van der Waals surface area contributed by atoms with Crippen LogP contribution in [-0.4, -0.2) is 36.3 Å². The van der Waals surface area contributed by atoms with Gasteiger partial charge in [0.25, 0.3) is 5.91 Å². The number of benzene rings is 2. The summed E-state index contributed by atoms with van der Waals surface area (Å²) in [6.07, 6.45) is 2.02. The van der Waals surface area contributed by atoms with E-state index in [4.69, 9.17) is 9.47 Å². The summed E-state index contributed by atoms with van der Waals surface area (Å²) in [5.74, 6) is -0.611. The van der Waals surface area contributed by atoms with Crippen LogP contribution in [0.1, 0.15) is 46.8 Å². The van der Waals surface area contributed by atoms with E-state index in [9.17, 15) is 14.7 Å². The zero-order valence-electron chi connectivity index (χ0n) is 15.9. The Balaban J connectivity index is 1.64. The van der Waals surface area contributed by atoms with Crippen LogP contribution in [0.3, 0.4) is 0 Å². The third kappa shape index (κ3) is 5.33. The third-order valence-corrected chi connectivity index (χ3v) is 4.82. The molecule has 2 aromatic rings. The van der Waals surface area contributed by atoms with Crippen LogP contribution in [0.25, 0.3) is 0 Å². The second-order valence-electron chi connectivity index (χ2n) is 6.95. The van der Waals surface area contributed by atoms with Crippen LogP contribution in [0.5, 0.6) is 5.75 Å². The van der Waals surface area contributed by atoms with E-state index in [0.29, 0.717) is 17.9 Å². The molecule has 1 aliphatic rings. The van der Waals surface area contributed by atoms with Gasteiger partial charge in [0.1, 0.15) is 12.4 Å². The summed E-state index contributed by atoms with van der Waals surface area (Å²) < 4.78 is 11.2. The van der Waals surface area contributed by atoms with Crippen LogP contribution in [0, 0.1) is 6.92 Å². The first-order chi connectivity index (χ1) is 13.5. The molecule has 0 saturated carbocycles. The Morgan fingerprint density at radius 2 is 1.96 bits per heavy atom. The lowest BCUT2D eigenvalue weighted by molar-refractivity contribution is -0.137. The standard InChI is InChI=1S/C22H25NO5/c1-15-5-2-3-7-19(15)20(13-21(24)25)23-22(26)16-8-10-17(11-9-16)28-14-18-6-4-12-27-18/h2-3,5,7-11,18,20H,4,6,12-14H2,1H3,(H,23,26)(H,24,25). The maximum atomic E-state index is 12.6. The number of ether oxygens (including phenoxy) is 2. The average Bonchev–Trinajstić information content (AvgIpc) is 3.20. The second kappa shape index (κ2) is 9.37. The second-order valence-corrected chi connectivity index (χ2v) is 6.95. The Morgan fingerprint density at radius 3 is 2.61 bits per heavy atom. The van der Waals surface area contributed by atoms with Crippen LogP contribution in [0.4, 0.5) is 0 Å². The van der Waals surface area contributed by atoms with Crippen molar-refractivity contribution in [3.63, 3.8) is 0 Å². The van der Waals surface area contributed by atoms with Gasteiger partial charge in [-0.2, -0.15) is 0 Å². The predicted octanol–water partition coefficient (Wildman–Crippen LogP) is 3.50. The maximum absolute atomic E-state index is 12.6. The molecule has 1 heterocycles. The van der Waals surface area contributed by atoms with Crippen molar-refractivity contribution in [1.82, 2.24) is 5.32 Å². The van der Waals surface area contributed by atoms with E-state index in [-0.39, 0.29) is 18.4 Å². The monoisotopic (exact) mass is 383 g/mol. The zero-order chi connectivity index (χ0) is 19.9. The number of amides is 1. The molecule has 0 aliphatic carbocycles. The van der Waals surface area contributed by atoms with Gasteiger partial charge in [-0.15, -0.1) is 0 Å². The molecule has 0 radical (unpaired) electrons. The van der Waals surface area contributed by atoms with Crippen molar-refractivity contribution >= 4 is 11.9 Å². The molecule has 2 atom stereocenters. The number of rotatable bonds is 8. The summed E-state index contributed by atoms with van der Waals surface area (Å²) in [4.78, 5) is 23.9. The molecule has 148 valence electrons. The molecule has 2 unspecified atom stereocenters. The van der Waals surface area contributed by atoms with Gasteiger partial charge in [0, 0.05) is 12.2 Å². The summed E-state index contributed by atoms with van der Waals surface area (Å²) >= 11 is 0. The molecule has 3 rings (SSSR count). The van der Waals surface area contributed by atoms with E-state index in [1.54, 1.807) is 24.3 Å². The predicted molar refractivity (Wildman–Crippen MR) is 105 cm³/mol. The fraction of sp³-hybridized carbons (Fsp3) is 0.364. The van der Waals surface area contributed by atoms with Gasteiger partial charge in [-0.05, 0) is 55.2 Å². The number of hydrogen-bond donors (Lipinski definition) is 2. The van der Waals surface area contributed by atoms with Crippen molar-refractivity contribution in [2.75, 3.05) is 13.2 Å². The quantitative estimate of drug-likeness (QED) is 0.729. The molecule has 28 heavy (non-hydrogen) atoms. The molecular formula is C22H25NO5. The topological polar surface area (TPSA) is 84.9 Å². The van der Waals surface area contributed by atoms with E-state index >= 15 is 0 Å². The lowest BCUT2D eigenvalue weighted by Gasteiger charge is -2.19. The van der Waals surface area contributed by atoms with Crippen LogP contribution < -0.4 is 10.1 Å². The third-order valence-electron chi connectivity index (χ3n) is 4.82. The van der Waals surface area contributed by atoms with Crippen molar-refractivity contribution in [3.8, 4) is 5.75 Å². The number of carboxylic acid groups (broad SMARTS) is 1. The molecule has 0 spiro atoms.